The molecule has 0 amide bonds. The Morgan fingerprint density at radius 2 is 1.80 bits per heavy atom. The van der Waals surface area contributed by atoms with Gasteiger partial charge in [0.1, 0.15) is 0 Å². The van der Waals surface area contributed by atoms with E-state index >= 15 is 0 Å². The highest BCUT2D eigenvalue weighted by atomic mass is 79.9. The van der Waals surface area contributed by atoms with Gasteiger partial charge in [-0.05, 0) is 36.1 Å². The van der Waals surface area contributed by atoms with Gasteiger partial charge in [-0.15, -0.1) is 0 Å². The van der Waals surface area contributed by atoms with Crippen molar-refractivity contribution in [2.24, 2.45) is 5.41 Å². The van der Waals surface area contributed by atoms with Gasteiger partial charge in [-0.2, -0.15) is 13.2 Å². The maximum atomic E-state index is 13.3. The normalized spacial score (nSPS) is 14.4. The fraction of sp³-hybridized carbons (Fsp3) is 0.600. The fourth-order valence-electron chi connectivity index (χ4n) is 2.20. The average molecular weight is 352 g/mol. The predicted molar refractivity (Wildman–Crippen MR) is 79.6 cm³/mol. The van der Waals surface area contributed by atoms with Crippen LogP contribution < -0.4 is 5.32 Å². The molecule has 1 nitrogen and oxygen atoms in total. The zero-order valence-corrected chi connectivity index (χ0v) is 13.8. The van der Waals surface area contributed by atoms with Crippen LogP contribution >= 0.6 is 15.9 Å². The lowest BCUT2D eigenvalue weighted by Crippen LogP contribution is -2.34. The molecule has 1 aromatic carbocycles. The highest BCUT2D eigenvalue weighted by Gasteiger charge is 2.38. The molecule has 1 unspecified atom stereocenters. The van der Waals surface area contributed by atoms with Crippen molar-refractivity contribution < 1.29 is 13.2 Å². The van der Waals surface area contributed by atoms with Crippen LogP contribution in [0.5, 0.6) is 0 Å². The summed E-state index contributed by atoms with van der Waals surface area (Å²) in [5.41, 5.74) is -0.569. The van der Waals surface area contributed by atoms with Gasteiger partial charge in [0.2, 0.25) is 0 Å². The molecule has 0 radical (unpaired) electrons. The summed E-state index contributed by atoms with van der Waals surface area (Å²) in [5.74, 6) is 0. The fourth-order valence-corrected chi connectivity index (χ4v) is 2.56. The van der Waals surface area contributed by atoms with Crippen molar-refractivity contribution in [1.29, 1.82) is 0 Å². The maximum Gasteiger partial charge on any atom is 0.416 e. The monoisotopic (exact) mass is 351 g/mol. The number of alkyl halides is 3. The van der Waals surface area contributed by atoms with Gasteiger partial charge in [0.05, 0.1) is 5.56 Å². The van der Waals surface area contributed by atoms with E-state index in [0.717, 1.165) is 12.5 Å². The molecule has 5 heteroatoms. The van der Waals surface area contributed by atoms with Gasteiger partial charge in [0.25, 0.3) is 0 Å². The number of nitrogens with one attached hydrogen (secondary N) is 1. The van der Waals surface area contributed by atoms with E-state index in [1.807, 2.05) is 27.7 Å². The quantitative estimate of drug-likeness (QED) is 0.749. The summed E-state index contributed by atoms with van der Waals surface area (Å²) in [6, 6.07) is 4.04. The van der Waals surface area contributed by atoms with Gasteiger partial charge in [0.15, 0.2) is 0 Å². The minimum atomic E-state index is -4.35. The third kappa shape index (κ3) is 4.48. The minimum absolute atomic E-state index is 0.303. The largest absolute Gasteiger partial charge is 0.416 e. The first-order chi connectivity index (χ1) is 9.07. The third-order valence-corrected chi connectivity index (χ3v) is 3.59. The molecule has 1 atom stereocenters. The summed E-state index contributed by atoms with van der Waals surface area (Å²) in [4.78, 5) is 0. The minimum Gasteiger partial charge on any atom is -0.309 e. The smallest absolute Gasteiger partial charge is 0.309 e. The van der Waals surface area contributed by atoms with Crippen LogP contribution in [0.15, 0.2) is 22.7 Å². The number of rotatable bonds is 4. The second-order valence-electron chi connectivity index (χ2n) is 5.98. The molecule has 1 N–H and O–H groups in total. The van der Waals surface area contributed by atoms with Crippen LogP contribution in [0.2, 0.25) is 0 Å². The number of benzene rings is 1. The molecule has 1 rings (SSSR count). The van der Waals surface area contributed by atoms with Crippen LogP contribution in [-0.2, 0) is 6.18 Å². The molecule has 1 aromatic rings. The van der Waals surface area contributed by atoms with Crippen molar-refractivity contribution in [2.45, 2.75) is 46.3 Å². The van der Waals surface area contributed by atoms with Crippen molar-refractivity contribution in [1.82, 2.24) is 5.32 Å². The topological polar surface area (TPSA) is 12.0 Å². The van der Waals surface area contributed by atoms with Gasteiger partial charge in [-0.3, -0.25) is 0 Å². The van der Waals surface area contributed by atoms with Crippen molar-refractivity contribution in [3.63, 3.8) is 0 Å². The lowest BCUT2D eigenvalue weighted by Gasteiger charge is -2.34. The van der Waals surface area contributed by atoms with Crippen LogP contribution in [-0.4, -0.2) is 6.54 Å². The molecule has 0 aromatic heterocycles. The van der Waals surface area contributed by atoms with Crippen molar-refractivity contribution in [3.05, 3.63) is 33.8 Å². The average Bonchev–Trinajstić information content (AvgIpc) is 2.28. The predicted octanol–water partition coefficient (Wildman–Crippen LogP) is 5.55. The first-order valence-electron chi connectivity index (χ1n) is 6.67. The summed E-state index contributed by atoms with van der Waals surface area (Å²) in [6.07, 6.45) is -3.47. The molecule has 0 fully saturated rings. The lowest BCUT2D eigenvalue weighted by molar-refractivity contribution is -0.138. The molecule has 20 heavy (non-hydrogen) atoms. The van der Waals surface area contributed by atoms with Crippen LogP contribution in [0, 0.1) is 5.41 Å². The van der Waals surface area contributed by atoms with Gasteiger partial charge in [-0.1, -0.05) is 49.7 Å². The Hall–Kier alpha value is -0.550. The molecule has 0 saturated carbocycles. The summed E-state index contributed by atoms with van der Waals surface area (Å²) in [7, 11) is 0. The molecule has 0 spiro atoms. The lowest BCUT2D eigenvalue weighted by atomic mass is 9.80. The Labute approximate surface area is 127 Å². The van der Waals surface area contributed by atoms with Crippen molar-refractivity contribution in [3.8, 4) is 0 Å². The Kier molecular flexibility index (Phi) is 5.67. The van der Waals surface area contributed by atoms with E-state index in [0.29, 0.717) is 16.6 Å². The van der Waals surface area contributed by atoms with Crippen LogP contribution in [0.1, 0.15) is 51.3 Å². The van der Waals surface area contributed by atoms with Crippen molar-refractivity contribution in [2.75, 3.05) is 6.54 Å². The highest BCUT2D eigenvalue weighted by molar-refractivity contribution is 9.10. The van der Waals surface area contributed by atoms with E-state index in [2.05, 4.69) is 21.2 Å². The van der Waals surface area contributed by atoms with E-state index < -0.39 is 11.7 Å². The first-order valence-corrected chi connectivity index (χ1v) is 7.46. The van der Waals surface area contributed by atoms with Gasteiger partial charge < -0.3 is 5.32 Å². The summed E-state index contributed by atoms with van der Waals surface area (Å²) < 4.78 is 40.2. The third-order valence-electron chi connectivity index (χ3n) is 3.10. The highest BCUT2D eigenvalue weighted by Crippen LogP contribution is 2.41. The van der Waals surface area contributed by atoms with Gasteiger partial charge in [-0.25, -0.2) is 0 Å². The molecule has 0 aliphatic heterocycles. The van der Waals surface area contributed by atoms with Crippen LogP contribution in [0.3, 0.4) is 0 Å². The van der Waals surface area contributed by atoms with Crippen LogP contribution in [0.4, 0.5) is 13.2 Å². The zero-order valence-electron chi connectivity index (χ0n) is 12.2. The molecule has 0 saturated heterocycles. The zero-order chi connectivity index (χ0) is 15.6. The molecule has 0 aliphatic carbocycles. The number of hydrogen-bond donors (Lipinski definition) is 1. The molecule has 114 valence electrons. The second kappa shape index (κ2) is 6.48. The van der Waals surface area contributed by atoms with Gasteiger partial charge >= 0.3 is 6.18 Å². The molecule has 0 heterocycles. The van der Waals surface area contributed by atoms with Gasteiger partial charge in [0, 0.05) is 10.5 Å². The van der Waals surface area contributed by atoms with E-state index in [4.69, 9.17) is 0 Å². The first kappa shape index (κ1) is 17.5. The van der Waals surface area contributed by atoms with E-state index in [1.165, 1.54) is 0 Å². The Balaban J connectivity index is 3.33. The standard InChI is InChI=1S/C15H21BrF3N/c1-5-8-20-13(14(2,3)4)11-7-6-10(16)9-12(11)15(17,18)19/h6-7,9,13,20H,5,8H2,1-4H3. The molecule has 0 aliphatic rings. The summed E-state index contributed by atoms with van der Waals surface area (Å²) >= 11 is 3.12. The molecular weight excluding hydrogens is 331 g/mol. The summed E-state index contributed by atoms with van der Waals surface area (Å²) in [6.45, 7) is 8.53. The Bertz CT molecular complexity index is 449. The summed E-state index contributed by atoms with van der Waals surface area (Å²) in [5, 5.41) is 3.24. The van der Waals surface area contributed by atoms with Crippen LogP contribution in [0.25, 0.3) is 0 Å². The molecular formula is C15H21BrF3N. The van der Waals surface area contributed by atoms with E-state index in [1.54, 1.807) is 12.1 Å². The second-order valence-corrected chi connectivity index (χ2v) is 6.90. The Morgan fingerprint density at radius 1 is 1.20 bits per heavy atom. The number of hydrogen-bond acceptors (Lipinski definition) is 1. The Morgan fingerprint density at radius 3 is 2.25 bits per heavy atom. The number of halogens is 4. The van der Waals surface area contributed by atoms with Crippen molar-refractivity contribution >= 4 is 15.9 Å². The molecule has 0 bridgehead atoms. The van der Waals surface area contributed by atoms with E-state index in [-0.39, 0.29) is 11.5 Å². The maximum absolute atomic E-state index is 13.3. The SMILES string of the molecule is CCCNC(c1ccc(Br)cc1C(F)(F)F)C(C)(C)C. The van der Waals surface area contributed by atoms with E-state index in [9.17, 15) is 13.2 Å².